The highest BCUT2D eigenvalue weighted by molar-refractivity contribution is 6.02. The van der Waals surface area contributed by atoms with E-state index in [-0.39, 0.29) is 13.0 Å². The molecule has 1 spiro atoms. The quantitative estimate of drug-likeness (QED) is 0.683. The van der Waals surface area contributed by atoms with E-state index in [4.69, 9.17) is 10.5 Å². The van der Waals surface area contributed by atoms with Gasteiger partial charge in [-0.05, 0) is 40.2 Å². The summed E-state index contributed by atoms with van der Waals surface area (Å²) < 4.78 is 5.37. The average molecular weight is 375 g/mol. The number of nitrogens with zero attached hydrogens (tertiary/aromatic N) is 1. The number of aliphatic hydroxyl groups is 1. The van der Waals surface area contributed by atoms with Gasteiger partial charge in [0.15, 0.2) is 0 Å². The van der Waals surface area contributed by atoms with Crippen molar-refractivity contribution in [1.29, 1.82) is 0 Å². The number of amides is 3. The number of hydrogen-bond acceptors (Lipinski definition) is 5. The number of nitrogens with one attached hydrogen (secondary N) is 1. The van der Waals surface area contributed by atoms with Crippen LogP contribution in [0, 0.1) is 5.41 Å². The van der Waals surface area contributed by atoms with Crippen molar-refractivity contribution in [2.24, 2.45) is 11.1 Å². The summed E-state index contributed by atoms with van der Waals surface area (Å²) in [6.07, 6.45) is -0.833. The molecular weight excluding hydrogens is 350 g/mol. The molecule has 1 saturated heterocycles. The first-order valence-electron chi connectivity index (χ1n) is 8.81. The summed E-state index contributed by atoms with van der Waals surface area (Å²) in [6.45, 7) is 6.46. The van der Waals surface area contributed by atoms with Gasteiger partial charge in [-0.1, -0.05) is 18.2 Å². The van der Waals surface area contributed by atoms with Crippen molar-refractivity contribution < 1.29 is 24.2 Å². The van der Waals surface area contributed by atoms with Gasteiger partial charge in [-0.2, -0.15) is 0 Å². The average Bonchev–Trinajstić information content (AvgIpc) is 2.95. The van der Waals surface area contributed by atoms with E-state index in [1.807, 2.05) is 0 Å². The van der Waals surface area contributed by atoms with Crippen LogP contribution in [0.1, 0.15) is 39.7 Å². The van der Waals surface area contributed by atoms with Gasteiger partial charge >= 0.3 is 6.09 Å². The maximum atomic E-state index is 13.0. The number of fused-ring (bicyclic) bond motifs is 1. The zero-order chi connectivity index (χ0) is 20.2. The molecule has 0 saturated carbocycles. The molecule has 8 nitrogen and oxygen atoms in total. The molecule has 2 heterocycles. The van der Waals surface area contributed by atoms with Gasteiger partial charge in [0.1, 0.15) is 22.7 Å². The highest BCUT2D eigenvalue weighted by atomic mass is 16.6. The first-order chi connectivity index (χ1) is 12.4. The molecule has 3 rings (SSSR count). The summed E-state index contributed by atoms with van der Waals surface area (Å²) in [5, 5.41) is 14.2. The molecule has 1 aromatic carbocycles. The molecule has 0 bridgehead atoms. The van der Waals surface area contributed by atoms with Gasteiger partial charge in [0.05, 0.1) is 0 Å². The maximum Gasteiger partial charge on any atom is 0.411 e. The molecule has 3 atom stereocenters. The summed E-state index contributed by atoms with van der Waals surface area (Å²) in [6, 6.07) is 5.86. The molecule has 8 heteroatoms. The number of benzene rings is 1. The monoisotopic (exact) mass is 375 g/mol. The molecule has 1 aromatic rings. The zero-order valence-corrected chi connectivity index (χ0v) is 15.9. The lowest BCUT2D eigenvalue weighted by molar-refractivity contribution is -0.145. The molecule has 1 unspecified atom stereocenters. The van der Waals surface area contributed by atoms with E-state index >= 15 is 0 Å². The van der Waals surface area contributed by atoms with Crippen molar-refractivity contribution >= 4 is 23.6 Å². The predicted molar refractivity (Wildman–Crippen MR) is 97.6 cm³/mol. The van der Waals surface area contributed by atoms with Crippen LogP contribution in [0.5, 0.6) is 0 Å². The smallest absolute Gasteiger partial charge is 0.411 e. The lowest BCUT2D eigenvalue weighted by Gasteiger charge is -2.45. The summed E-state index contributed by atoms with van der Waals surface area (Å²) >= 11 is 0. The van der Waals surface area contributed by atoms with Crippen molar-refractivity contribution in [2.75, 3.05) is 11.9 Å². The van der Waals surface area contributed by atoms with E-state index in [1.165, 1.54) is 6.92 Å². The second kappa shape index (κ2) is 5.95. The summed E-state index contributed by atoms with van der Waals surface area (Å²) in [5.41, 5.74) is 2.74. The van der Waals surface area contributed by atoms with Crippen LogP contribution >= 0.6 is 0 Å². The van der Waals surface area contributed by atoms with Gasteiger partial charge in [0.25, 0.3) is 0 Å². The minimum absolute atomic E-state index is 0.0885. The van der Waals surface area contributed by atoms with Crippen molar-refractivity contribution in [3.63, 3.8) is 0 Å². The van der Waals surface area contributed by atoms with Crippen LogP contribution in [0.3, 0.4) is 0 Å². The van der Waals surface area contributed by atoms with Gasteiger partial charge in [0, 0.05) is 17.8 Å². The number of para-hydroxylation sites is 1. The van der Waals surface area contributed by atoms with Crippen LogP contribution in [0.25, 0.3) is 0 Å². The number of hydrogen-bond donors (Lipinski definition) is 3. The third kappa shape index (κ3) is 2.93. The van der Waals surface area contributed by atoms with E-state index in [0.717, 1.165) is 4.90 Å². The molecule has 3 amide bonds. The Bertz CT molecular complexity index is 814. The number of anilines is 1. The Hall–Kier alpha value is -2.61. The molecule has 0 aromatic heterocycles. The SMILES string of the molecule is CC(C)(C)OC(=O)N1C[C@]2(C[C@H]1C(N)=O)C(=O)Nc1ccccc1C2(C)O. The third-order valence-electron chi connectivity index (χ3n) is 5.38. The van der Waals surface area contributed by atoms with Gasteiger partial charge in [0.2, 0.25) is 11.8 Å². The Morgan fingerprint density at radius 1 is 1.33 bits per heavy atom. The molecular formula is C19H25N3O5. The van der Waals surface area contributed by atoms with Crippen molar-refractivity contribution in [3.05, 3.63) is 29.8 Å². The topological polar surface area (TPSA) is 122 Å². The van der Waals surface area contributed by atoms with E-state index in [1.54, 1.807) is 45.0 Å². The molecule has 146 valence electrons. The van der Waals surface area contributed by atoms with Crippen LogP contribution in [0.2, 0.25) is 0 Å². The van der Waals surface area contributed by atoms with Gasteiger partial charge in [-0.3, -0.25) is 14.5 Å². The second-order valence-corrected chi connectivity index (χ2v) is 8.38. The number of ether oxygens (including phenoxy) is 1. The first kappa shape index (κ1) is 19.2. The van der Waals surface area contributed by atoms with Gasteiger partial charge in [-0.25, -0.2) is 4.79 Å². The Balaban J connectivity index is 2.05. The normalized spacial score (nSPS) is 30.0. The minimum atomic E-state index is -1.60. The number of nitrogens with two attached hydrogens (primary N) is 1. The van der Waals surface area contributed by atoms with Crippen LogP contribution in [0.15, 0.2) is 24.3 Å². The lowest BCUT2D eigenvalue weighted by atomic mass is 9.65. The fraction of sp³-hybridized carbons (Fsp3) is 0.526. The van der Waals surface area contributed by atoms with E-state index in [2.05, 4.69) is 5.32 Å². The van der Waals surface area contributed by atoms with Crippen molar-refractivity contribution in [1.82, 2.24) is 4.90 Å². The second-order valence-electron chi connectivity index (χ2n) is 8.38. The number of carbonyl (C=O) groups excluding carboxylic acids is 3. The Kier molecular flexibility index (Phi) is 4.22. The summed E-state index contributed by atoms with van der Waals surface area (Å²) in [7, 11) is 0. The Morgan fingerprint density at radius 3 is 2.56 bits per heavy atom. The number of carbonyl (C=O) groups is 3. The molecule has 27 heavy (non-hydrogen) atoms. The number of primary amides is 1. The Labute approximate surface area is 157 Å². The van der Waals surface area contributed by atoms with Crippen LogP contribution in [0.4, 0.5) is 10.5 Å². The first-order valence-corrected chi connectivity index (χ1v) is 8.81. The molecule has 1 fully saturated rings. The van der Waals surface area contributed by atoms with Crippen LogP contribution < -0.4 is 11.1 Å². The molecule has 2 aliphatic heterocycles. The standard InChI is InChI=1S/C19H25N3O5/c1-17(2,3)27-16(25)22-10-19(9-13(22)14(20)23)15(24)21-12-8-6-5-7-11(12)18(19,4)26/h5-8,13,26H,9-10H2,1-4H3,(H2,20,23)(H,21,24)/t13-,18?,19+/m0/s1. The predicted octanol–water partition coefficient (Wildman–Crippen LogP) is 1.33. The number of rotatable bonds is 1. The molecule has 4 N–H and O–H groups in total. The number of likely N-dealkylation sites (tertiary alicyclic amines) is 1. The van der Waals surface area contributed by atoms with Crippen molar-refractivity contribution in [2.45, 2.75) is 51.4 Å². The van der Waals surface area contributed by atoms with E-state index in [0.29, 0.717) is 11.3 Å². The minimum Gasteiger partial charge on any atom is -0.444 e. The summed E-state index contributed by atoms with van der Waals surface area (Å²) in [4.78, 5) is 38.8. The fourth-order valence-electron chi connectivity index (χ4n) is 3.93. The zero-order valence-electron chi connectivity index (χ0n) is 15.9. The molecule has 0 radical (unpaired) electrons. The van der Waals surface area contributed by atoms with Crippen LogP contribution in [-0.2, 0) is 19.9 Å². The molecule has 0 aliphatic carbocycles. The highest BCUT2D eigenvalue weighted by Gasteiger charge is 2.64. The summed E-state index contributed by atoms with van der Waals surface area (Å²) in [5.74, 6) is -1.20. The largest absolute Gasteiger partial charge is 0.444 e. The maximum absolute atomic E-state index is 13.0. The fourth-order valence-corrected chi connectivity index (χ4v) is 3.93. The van der Waals surface area contributed by atoms with Gasteiger partial charge < -0.3 is 20.9 Å². The van der Waals surface area contributed by atoms with Crippen LogP contribution in [-0.4, -0.2) is 46.1 Å². The molecule has 2 aliphatic rings. The third-order valence-corrected chi connectivity index (χ3v) is 5.38. The van der Waals surface area contributed by atoms with E-state index < -0.39 is 40.6 Å². The highest BCUT2D eigenvalue weighted by Crippen LogP contribution is 2.53. The van der Waals surface area contributed by atoms with Crippen molar-refractivity contribution in [3.8, 4) is 0 Å². The van der Waals surface area contributed by atoms with Gasteiger partial charge in [-0.15, -0.1) is 0 Å². The Morgan fingerprint density at radius 2 is 1.96 bits per heavy atom. The lowest BCUT2D eigenvalue weighted by Crippen LogP contribution is -2.56. The van der Waals surface area contributed by atoms with E-state index in [9.17, 15) is 19.5 Å².